The third-order valence-electron chi connectivity index (χ3n) is 6.60. The summed E-state index contributed by atoms with van der Waals surface area (Å²) in [5, 5.41) is 3.38. The highest BCUT2D eigenvalue weighted by molar-refractivity contribution is 6.16. The Hall–Kier alpha value is -3.25. The van der Waals surface area contributed by atoms with Gasteiger partial charge in [-0.2, -0.15) is 0 Å². The molecule has 2 fully saturated rings. The molecule has 30 heavy (non-hydrogen) atoms. The zero-order chi connectivity index (χ0) is 21.0. The minimum absolute atomic E-state index is 0.189. The van der Waals surface area contributed by atoms with Gasteiger partial charge in [-0.1, -0.05) is 54.6 Å². The van der Waals surface area contributed by atoms with Crippen LogP contribution in [0.15, 0.2) is 67.3 Å². The lowest BCUT2D eigenvalue weighted by molar-refractivity contribution is -0.143. The largest absolute Gasteiger partial charge is 0.306 e. The van der Waals surface area contributed by atoms with Gasteiger partial charge in [-0.25, -0.2) is 0 Å². The van der Waals surface area contributed by atoms with Gasteiger partial charge in [0.05, 0.1) is 18.4 Å². The Bertz CT molecular complexity index is 1070. The molecule has 0 aliphatic carbocycles. The summed E-state index contributed by atoms with van der Waals surface area (Å²) >= 11 is 0. The highest BCUT2D eigenvalue weighted by Gasteiger charge is 2.70. The van der Waals surface area contributed by atoms with Gasteiger partial charge in [0.25, 0.3) is 5.91 Å². The second kappa shape index (κ2) is 6.64. The van der Waals surface area contributed by atoms with Crippen LogP contribution in [-0.2, 0) is 26.5 Å². The number of anilines is 1. The first-order valence-corrected chi connectivity index (χ1v) is 10.2. The van der Waals surface area contributed by atoms with Crippen LogP contribution in [0.1, 0.15) is 18.1 Å². The van der Waals surface area contributed by atoms with Crippen molar-refractivity contribution in [3.8, 4) is 0 Å². The first-order valence-electron chi connectivity index (χ1n) is 10.2. The minimum atomic E-state index is -1.22. The molecule has 152 valence electrons. The molecule has 3 aliphatic rings. The first-order chi connectivity index (χ1) is 14.5. The quantitative estimate of drug-likeness (QED) is 0.630. The number of fused-ring (bicyclic) bond motifs is 4. The Morgan fingerprint density at radius 2 is 1.70 bits per heavy atom. The lowest BCUT2D eigenvalue weighted by Gasteiger charge is -2.30. The van der Waals surface area contributed by atoms with Crippen LogP contribution < -0.4 is 10.2 Å². The lowest BCUT2D eigenvalue weighted by atomic mass is 9.76. The van der Waals surface area contributed by atoms with E-state index in [2.05, 4.69) is 11.9 Å². The molecule has 3 heterocycles. The number of rotatable bonds is 4. The van der Waals surface area contributed by atoms with E-state index in [0.717, 1.165) is 16.8 Å². The SMILES string of the molecule is C=CCN1C(=O)C2(NC(C)C3C(=O)N(Cc4ccccc4)C(=O)C32)c2ccccc21. The summed E-state index contributed by atoms with van der Waals surface area (Å²) in [5.74, 6) is -2.01. The number of carbonyl (C=O) groups excluding carboxylic acids is 3. The number of benzene rings is 2. The molecule has 5 rings (SSSR count). The van der Waals surface area contributed by atoms with Gasteiger partial charge in [-0.3, -0.25) is 24.6 Å². The molecule has 2 aromatic carbocycles. The average Bonchev–Trinajstić information content (AvgIpc) is 3.29. The Kier molecular flexibility index (Phi) is 4.15. The molecular weight excluding hydrogens is 378 g/mol. The van der Waals surface area contributed by atoms with E-state index in [0.29, 0.717) is 6.54 Å². The summed E-state index contributed by atoms with van der Waals surface area (Å²) in [4.78, 5) is 43.6. The second-order valence-corrected chi connectivity index (χ2v) is 8.21. The molecule has 1 spiro atoms. The molecule has 0 saturated carbocycles. The van der Waals surface area contributed by atoms with Crippen molar-refractivity contribution in [3.63, 3.8) is 0 Å². The van der Waals surface area contributed by atoms with Crippen LogP contribution in [0.5, 0.6) is 0 Å². The molecule has 0 aromatic heterocycles. The topological polar surface area (TPSA) is 69.7 Å². The van der Waals surface area contributed by atoms with Crippen LogP contribution >= 0.6 is 0 Å². The van der Waals surface area contributed by atoms with Gasteiger partial charge >= 0.3 is 0 Å². The van der Waals surface area contributed by atoms with Crippen molar-refractivity contribution in [3.05, 3.63) is 78.4 Å². The average molecular weight is 401 g/mol. The van der Waals surface area contributed by atoms with Crippen molar-refractivity contribution in [1.82, 2.24) is 10.2 Å². The van der Waals surface area contributed by atoms with Crippen molar-refractivity contribution in [1.29, 1.82) is 0 Å². The number of hydrogen-bond donors (Lipinski definition) is 1. The molecule has 0 radical (unpaired) electrons. The molecule has 2 aromatic rings. The fourth-order valence-corrected chi connectivity index (χ4v) is 5.40. The summed E-state index contributed by atoms with van der Waals surface area (Å²) in [7, 11) is 0. The molecule has 6 heteroatoms. The van der Waals surface area contributed by atoms with E-state index >= 15 is 0 Å². The number of hydrogen-bond acceptors (Lipinski definition) is 4. The fraction of sp³-hybridized carbons (Fsp3) is 0.292. The van der Waals surface area contributed by atoms with Gasteiger partial charge < -0.3 is 4.90 Å². The summed E-state index contributed by atoms with van der Waals surface area (Å²) in [6, 6.07) is 16.7. The van der Waals surface area contributed by atoms with Crippen molar-refractivity contribution in [2.75, 3.05) is 11.4 Å². The van der Waals surface area contributed by atoms with Crippen molar-refractivity contribution in [2.45, 2.75) is 25.0 Å². The Labute approximate surface area is 175 Å². The number of imide groups is 1. The standard InChI is InChI=1S/C24H23N3O3/c1-3-13-26-18-12-8-7-11-17(18)24(23(26)30)20-19(15(2)25-24)21(28)27(22(20)29)14-16-9-5-4-6-10-16/h3-12,15,19-20,25H,1,13-14H2,2H3. The van der Waals surface area contributed by atoms with Crippen LogP contribution in [0.2, 0.25) is 0 Å². The number of amides is 3. The highest BCUT2D eigenvalue weighted by atomic mass is 16.2. The molecular formula is C24H23N3O3. The number of nitrogens with zero attached hydrogens (tertiary/aromatic N) is 2. The van der Waals surface area contributed by atoms with Crippen LogP contribution in [0, 0.1) is 11.8 Å². The summed E-state index contributed by atoms with van der Waals surface area (Å²) < 4.78 is 0. The molecule has 0 bridgehead atoms. The molecule has 4 atom stereocenters. The number of likely N-dealkylation sites (tertiary alicyclic amines) is 1. The summed E-state index contributed by atoms with van der Waals surface area (Å²) in [5.41, 5.74) is 1.20. The van der Waals surface area contributed by atoms with E-state index in [-0.39, 0.29) is 30.3 Å². The lowest BCUT2D eigenvalue weighted by Crippen LogP contribution is -2.54. The molecule has 3 aliphatic heterocycles. The maximum Gasteiger partial charge on any atom is 0.253 e. The zero-order valence-electron chi connectivity index (χ0n) is 16.7. The third kappa shape index (κ3) is 2.31. The van der Waals surface area contributed by atoms with Gasteiger partial charge in [0.1, 0.15) is 5.54 Å². The number of nitrogens with one attached hydrogen (secondary N) is 1. The number of para-hydroxylation sites is 1. The van der Waals surface area contributed by atoms with Gasteiger partial charge in [0.15, 0.2) is 0 Å². The zero-order valence-corrected chi connectivity index (χ0v) is 16.7. The Morgan fingerprint density at radius 1 is 1.00 bits per heavy atom. The van der Waals surface area contributed by atoms with Gasteiger partial charge in [-0.15, -0.1) is 6.58 Å². The normalized spacial score (nSPS) is 29.6. The molecule has 3 amide bonds. The first kappa shape index (κ1) is 18.8. The predicted octanol–water partition coefficient (Wildman–Crippen LogP) is 2.21. The smallest absolute Gasteiger partial charge is 0.253 e. The van der Waals surface area contributed by atoms with E-state index in [1.54, 1.807) is 11.0 Å². The monoisotopic (exact) mass is 401 g/mol. The molecule has 2 saturated heterocycles. The van der Waals surface area contributed by atoms with Gasteiger partial charge in [0.2, 0.25) is 11.8 Å². The van der Waals surface area contributed by atoms with Gasteiger partial charge in [-0.05, 0) is 18.6 Å². The van der Waals surface area contributed by atoms with Crippen molar-refractivity contribution in [2.24, 2.45) is 11.8 Å². The predicted molar refractivity (Wildman–Crippen MR) is 112 cm³/mol. The summed E-state index contributed by atoms with van der Waals surface area (Å²) in [6.07, 6.45) is 1.67. The van der Waals surface area contributed by atoms with Crippen LogP contribution in [0.3, 0.4) is 0 Å². The maximum absolute atomic E-state index is 13.7. The Morgan fingerprint density at radius 3 is 2.43 bits per heavy atom. The van der Waals surface area contributed by atoms with E-state index in [1.165, 1.54) is 4.90 Å². The maximum atomic E-state index is 13.7. The van der Waals surface area contributed by atoms with Gasteiger partial charge in [0, 0.05) is 23.8 Å². The molecule has 1 N–H and O–H groups in total. The van der Waals surface area contributed by atoms with E-state index in [9.17, 15) is 14.4 Å². The van der Waals surface area contributed by atoms with Crippen LogP contribution in [0.25, 0.3) is 0 Å². The van der Waals surface area contributed by atoms with Crippen molar-refractivity contribution < 1.29 is 14.4 Å². The Balaban J connectivity index is 1.60. The fourth-order valence-electron chi connectivity index (χ4n) is 5.40. The highest BCUT2D eigenvalue weighted by Crippen LogP contribution is 2.54. The van der Waals surface area contributed by atoms with E-state index < -0.39 is 17.4 Å². The molecule has 4 unspecified atom stereocenters. The number of carbonyl (C=O) groups is 3. The summed E-state index contributed by atoms with van der Waals surface area (Å²) in [6.45, 7) is 6.23. The van der Waals surface area contributed by atoms with E-state index in [4.69, 9.17) is 0 Å². The minimum Gasteiger partial charge on any atom is -0.306 e. The van der Waals surface area contributed by atoms with Crippen LogP contribution in [-0.4, -0.2) is 35.2 Å². The van der Waals surface area contributed by atoms with E-state index in [1.807, 2.05) is 61.5 Å². The third-order valence-corrected chi connectivity index (χ3v) is 6.60. The molecule has 6 nitrogen and oxygen atoms in total. The second-order valence-electron chi connectivity index (χ2n) is 8.21. The van der Waals surface area contributed by atoms with Crippen LogP contribution in [0.4, 0.5) is 5.69 Å². The van der Waals surface area contributed by atoms with Crippen molar-refractivity contribution >= 4 is 23.4 Å².